The zero-order valence-electron chi connectivity index (χ0n) is 5.36. The molecule has 0 unspecified atom stereocenters. The van der Waals surface area contributed by atoms with Crippen molar-refractivity contribution in [2.45, 2.75) is 0 Å². The molecule has 0 aromatic heterocycles. The highest BCUT2D eigenvalue weighted by molar-refractivity contribution is 5.47. The van der Waals surface area contributed by atoms with Crippen molar-refractivity contribution < 1.29 is 0 Å². The summed E-state index contributed by atoms with van der Waals surface area (Å²) in [4.78, 5) is 0. The van der Waals surface area contributed by atoms with Crippen LogP contribution in [0, 0.1) is 11.5 Å². The van der Waals surface area contributed by atoms with E-state index in [4.69, 9.17) is 11.1 Å². The van der Waals surface area contributed by atoms with Crippen LogP contribution in [0.15, 0.2) is 30.3 Å². The number of hydrogen-bond donors (Lipinski definition) is 1. The number of nitrogens with zero attached hydrogens (tertiary/aromatic N) is 2. The zero-order chi connectivity index (χ0) is 7.40. The third-order valence-electron chi connectivity index (χ3n) is 1.14. The van der Waals surface area contributed by atoms with Crippen LogP contribution in [-0.4, -0.2) is 0 Å². The van der Waals surface area contributed by atoms with E-state index >= 15 is 0 Å². The van der Waals surface area contributed by atoms with Crippen molar-refractivity contribution >= 4 is 5.69 Å². The van der Waals surface area contributed by atoms with Crippen LogP contribution >= 0.6 is 0 Å². The van der Waals surface area contributed by atoms with Gasteiger partial charge in [-0.25, -0.2) is 10.9 Å². The van der Waals surface area contributed by atoms with Crippen molar-refractivity contribution in [3.8, 4) is 6.19 Å². The van der Waals surface area contributed by atoms with Gasteiger partial charge in [0.25, 0.3) is 0 Å². The van der Waals surface area contributed by atoms with E-state index in [9.17, 15) is 0 Å². The third kappa shape index (κ3) is 1.24. The molecular weight excluding hydrogens is 126 g/mol. The number of hydrazine groups is 1. The van der Waals surface area contributed by atoms with Crippen molar-refractivity contribution in [1.29, 1.82) is 5.26 Å². The quantitative estimate of drug-likeness (QED) is 0.267. The average molecular weight is 133 g/mol. The molecule has 1 aromatic rings. The summed E-state index contributed by atoms with van der Waals surface area (Å²) in [7, 11) is 0. The van der Waals surface area contributed by atoms with E-state index in [1.54, 1.807) is 18.3 Å². The first-order chi connectivity index (χ1) is 4.84. The number of nitriles is 1. The molecule has 0 atom stereocenters. The summed E-state index contributed by atoms with van der Waals surface area (Å²) in [6.45, 7) is 0. The molecule has 50 valence electrons. The number of benzene rings is 1. The summed E-state index contributed by atoms with van der Waals surface area (Å²) in [5.41, 5.74) is 0.699. The predicted octanol–water partition coefficient (Wildman–Crippen LogP) is 0.848. The largest absolute Gasteiger partial charge is 0.234 e. The Balaban J connectivity index is 2.88. The first-order valence-corrected chi connectivity index (χ1v) is 2.84. The van der Waals surface area contributed by atoms with E-state index in [0.29, 0.717) is 5.69 Å². The summed E-state index contributed by atoms with van der Waals surface area (Å²) in [5, 5.41) is 9.35. The summed E-state index contributed by atoms with van der Waals surface area (Å²) in [5.74, 6) is 5.27. The fourth-order valence-electron chi connectivity index (χ4n) is 0.646. The van der Waals surface area contributed by atoms with Crippen molar-refractivity contribution in [2.75, 3.05) is 5.01 Å². The highest BCUT2D eigenvalue weighted by atomic mass is 15.4. The van der Waals surface area contributed by atoms with Gasteiger partial charge in [0.1, 0.15) is 0 Å². The first-order valence-electron chi connectivity index (χ1n) is 2.84. The van der Waals surface area contributed by atoms with Crippen LogP contribution in [0.4, 0.5) is 5.69 Å². The summed E-state index contributed by atoms with van der Waals surface area (Å²) >= 11 is 0. The van der Waals surface area contributed by atoms with Crippen molar-refractivity contribution in [3.05, 3.63) is 30.3 Å². The Hall–Kier alpha value is -1.53. The second kappa shape index (κ2) is 2.85. The molecule has 0 spiro atoms. The molecule has 0 aliphatic rings. The lowest BCUT2D eigenvalue weighted by molar-refractivity contribution is 1.09. The van der Waals surface area contributed by atoms with E-state index < -0.39 is 0 Å². The lowest BCUT2D eigenvalue weighted by Crippen LogP contribution is -2.24. The van der Waals surface area contributed by atoms with Crippen LogP contribution in [0.25, 0.3) is 0 Å². The molecule has 0 aliphatic carbocycles. The van der Waals surface area contributed by atoms with Gasteiger partial charge in [-0.05, 0) is 12.1 Å². The minimum absolute atomic E-state index is 0.699. The maximum Gasteiger partial charge on any atom is 0.200 e. The minimum atomic E-state index is 0.699. The van der Waals surface area contributed by atoms with Gasteiger partial charge >= 0.3 is 0 Å². The van der Waals surface area contributed by atoms with Gasteiger partial charge in [-0.15, -0.1) is 0 Å². The fraction of sp³-hybridized carbons (Fsp3) is 0. The molecular formula is C7H7N3. The van der Waals surface area contributed by atoms with Gasteiger partial charge in [0.15, 0.2) is 6.19 Å². The minimum Gasteiger partial charge on any atom is -0.234 e. The van der Waals surface area contributed by atoms with Gasteiger partial charge in [0, 0.05) is 0 Å². The van der Waals surface area contributed by atoms with Gasteiger partial charge in [-0.2, -0.15) is 5.26 Å². The van der Waals surface area contributed by atoms with E-state index in [2.05, 4.69) is 0 Å². The number of hydrogen-bond acceptors (Lipinski definition) is 3. The Morgan fingerprint density at radius 3 is 2.40 bits per heavy atom. The molecule has 3 nitrogen and oxygen atoms in total. The Labute approximate surface area is 59.3 Å². The number of nitrogens with two attached hydrogens (primary N) is 1. The zero-order valence-corrected chi connectivity index (χ0v) is 5.36. The molecule has 1 aromatic carbocycles. The number of anilines is 1. The maximum absolute atomic E-state index is 8.34. The summed E-state index contributed by atoms with van der Waals surface area (Å²) < 4.78 is 0. The Morgan fingerprint density at radius 2 is 1.90 bits per heavy atom. The highest BCUT2D eigenvalue weighted by Crippen LogP contribution is 2.06. The molecule has 2 N–H and O–H groups in total. The van der Waals surface area contributed by atoms with E-state index in [1.807, 2.05) is 18.2 Å². The van der Waals surface area contributed by atoms with E-state index in [-0.39, 0.29) is 0 Å². The molecule has 10 heavy (non-hydrogen) atoms. The van der Waals surface area contributed by atoms with Gasteiger partial charge in [0.2, 0.25) is 0 Å². The third-order valence-corrected chi connectivity index (χ3v) is 1.14. The van der Waals surface area contributed by atoms with Crippen molar-refractivity contribution in [1.82, 2.24) is 0 Å². The molecule has 0 heterocycles. The predicted molar refractivity (Wildman–Crippen MR) is 38.7 cm³/mol. The van der Waals surface area contributed by atoms with E-state index in [0.717, 1.165) is 5.01 Å². The van der Waals surface area contributed by atoms with E-state index in [1.165, 1.54) is 0 Å². The topological polar surface area (TPSA) is 53.0 Å². The molecule has 1 rings (SSSR count). The average Bonchev–Trinajstić information content (AvgIpc) is 2.05. The lowest BCUT2D eigenvalue weighted by Gasteiger charge is -2.05. The molecule has 0 saturated heterocycles. The first kappa shape index (κ1) is 6.59. The summed E-state index contributed by atoms with van der Waals surface area (Å²) in [6.07, 6.45) is 1.79. The molecule has 0 saturated carbocycles. The smallest absolute Gasteiger partial charge is 0.200 e. The van der Waals surface area contributed by atoms with Gasteiger partial charge in [0.05, 0.1) is 5.69 Å². The Kier molecular flexibility index (Phi) is 1.88. The fourth-order valence-corrected chi connectivity index (χ4v) is 0.646. The lowest BCUT2D eigenvalue weighted by atomic mass is 10.3. The van der Waals surface area contributed by atoms with Crippen LogP contribution in [0.3, 0.4) is 0 Å². The standard InChI is InChI=1S/C7H7N3/c8-6-10(9)7-4-2-1-3-5-7/h1-5H,9H2. The Bertz CT molecular complexity index is 237. The molecule has 0 fully saturated rings. The number of para-hydroxylation sites is 1. The van der Waals surface area contributed by atoms with Crippen molar-refractivity contribution in [3.63, 3.8) is 0 Å². The van der Waals surface area contributed by atoms with Crippen molar-refractivity contribution in [2.24, 2.45) is 5.84 Å². The Morgan fingerprint density at radius 1 is 1.30 bits per heavy atom. The van der Waals surface area contributed by atoms with Gasteiger partial charge in [-0.1, -0.05) is 18.2 Å². The van der Waals surface area contributed by atoms with Gasteiger partial charge < -0.3 is 0 Å². The maximum atomic E-state index is 8.34. The second-order valence-corrected chi connectivity index (χ2v) is 1.81. The SMILES string of the molecule is N#CN(N)c1ccccc1. The summed E-state index contributed by atoms with van der Waals surface area (Å²) in [6, 6.07) is 9.06. The molecule has 0 amide bonds. The molecule has 3 heteroatoms. The van der Waals surface area contributed by atoms with Crippen LogP contribution < -0.4 is 10.9 Å². The van der Waals surface area contributed by atoms with Crippen LogP contribution in [0.5, 0.6) is 0 Å². The number of rotatable bonds is 1. The molecule has 0 aliphatic heterocycles. The van der Waals surface area contributed by atoms with Crippen LogP contribution in [-0.2, 0) is 0 Å². The highest BCUT2D eigenvalue weighted by Gasteiger charge is 1.94. The van der Waals surface area contributed by atoms with Crippen LogP contribution in [0.1, 0.15) is 0 Å². The normalized spacial score (nSPS) is 8.40. The monoisotopic (exact) mass is 133 g/mol. The molecule has 0 bridgehead atoms. The molecule has 0 radical (unpaired) electrons. The second-order valence-electron chi connectivity index (χ2n) is 1.81. The van der Waals surface area contributed by atoms with Gasteiger partial charge in [-0.3, -0.25) is 0 Å². The van der Waals surface area contributed by atoms with Crippen LogP contribution in [0.2, 0.25) is 0 Å².